The Hall–Kier alpha value is -1.22. The predicted molar refractivity (Wildman–Crippen MR) is 75.1 cm³/mol. The highest BCUT2D eigenvalue weighted by atomic mass is 35.5. The molecule has 3 nitrogen and oxygen atoms in total. The lowest BCUT2D eigenvalue weighted by Gasteiger charge is -2.35. The van der Waals surface area contributed by atoms with Crippen LogP contribution in [-0.4, -0.2) is 23.5 Å². The molecule has 1 fully saturated rings. The number of para-hydroxylation sites is 1. The lowest BCUT2D eigenvalue weighted by molar-refractivity contribution is 0.160. The molecule has 1 aliphatic heterocycles. The Morgan fingerprint density at radius 2 is 2.22 bits per heavy atom. The second-order valence-electron chi connectivity index (χ2n) is 4.66. The van der Waals surface area contributed by atoms with Gasteiger partial charge in [-0.3, -0.25) is 0 Å². The summed E-state index contributed by atoms with van der Waals surface area (Å²) in [4.78, 5) is 14.2. The monoisotopic (exact) mass is 266 g/mol. The van der Waals surface area contributed by atoms with Crippen LogP contribution in [0.25, 0.3) is 0 Å². The molecule has 1 atom stereocenters. The van der Waals surface area contributed by atoms with Crippen LogP contribution < -0.4 is 5.32 Å². The first-order chi connectivity index (χ1) is 8.72. The maximum Gasteiger partial charge on any atom is 0.322 e. The van der Waals surface area contributed by atoms with Gasteiger partial charge in [0.25, 0.3) is 0 Å². The predicted octanol–water partition coefficient (Wildman–Crippen LogP) is 4.14. The molecule has 2 rings (SSSR count). The van der Waals surface area contributed by atoms with Gasteiger partial charge in [-0.25, -0.2) is 4.79 Å². The van der Waals surface area contributed by atoms with Crippen molar-refractivity contribution in [2.75, 3.05) is 11.9 Å². The van der Waals surface area contributed by atoms with Crippen LogP contribution in [0, 0.1) is 0 Å². The van der Waals surface area contributed by atoms with E-state index in [2.05, 4.69) is 12.2 Å². The number of rotatable bonds is 2. The molecule has 1 heterocycles. The maximum atomic E-state index is 12.2. The third kappa shape index (κ3) is 2.96. The van der Waals surface area contributed by atoms with Crippen LogP contribution in [0.5, 0.6) is 0 Å². The Balaban J connectivity index is 2.05. The molecule has 1 aromatic rings. The van der Waals surface area contributed by atoms with Gasteiger partial charge in [0.15, 0.2) is 0 Å². The van der Waals surface area contributed by atoms with Gasteiger partial charge in [0.2, 0.25) is 0 Å². The van der Waals surface area contributed by atoms with Crippen molar-refractivity contribution in [1.82, 2.24) is 4.90 Å². The van der Waals surface area contributed by atoms with Gasteiger partial charge in [0.1, 0.15) is 0 Å². The number of carbonyl (C=O) groups excluding carboxylic acids is 1. The molecule has 0 aromatic heterocycles. The van der Waals surface area contributed by atoms with Crippen LogP contribution >= 0.6 is 11.6 Å². The highest BCUT2D eigenvalue weighted by Crippen LogP contribution is 2.24. The number of nitrogens with one attached hydrogen (secondary N) is 1. The molecular formula is C14H19ClN2O. The molecule has 0 radical (unpaired) electrons. The summed E-state index contributed by atoms with van der Waals surface area (Å²) in [6.45, 7) is 2.97. The number of likely N-dealkylation sites (tertiary alicyclic amines) is 1. The summed E-state index contributed by atoms with van der Waals surface area (Å²) in [7, 11) is 0. The zero-order chi connectivity index (χ0) is 13.0. The highest BCUT2D eigenvalue weighted by molar-refractivity contribution is 6.33. The number of hydrogen-bond donors (Lipinski definition) is 1. The molecule has 1 aliphatic rings. The standard InChI is InChI=1S/C14H19ClN2O/c1-2-11-7-5-6-10-17(11)14(18)16-13-9-4-3-8-12(13)15/h3-4,8-9,11H,2,5-7,10H2,1H3,(H,16,18). The second-order valence-corrected chi connectivity index (χ2v) is 5.07. The Morgan fingerprint density at radius 3 is 2.94 bits per heavy atom. The van der Waals surface area contributed by atoms with Gasteiger partial charge >= 0.3 is 6.03 Å². The minimum Gasteiger partial charge on any atom is -0.322 e. The molecule has 1 saturated heterocycles. The lowest BCUT2D eigenvalue weighted by atomic mass is 10.0. The summed E-state index contributed by atoms with van der Waals surface area (Å²) < 4.78 is 0. The smallest absolute Gasteiger partial charge is 0.322 e. The molecule has 4 heteroatoms. The van der Waals surface area contributed by atoms with Gasteiger partial charge < -0.3 is 10.2 Å². The fourth-order valence-corrected chi connectivity index (χ4v) is 2.62. The zero-order valence-electron chi connectivity index (χ0n) is 10.7. The van der Waals surface area contributed by atoms with Crippen molar-refractivity contribution in [2.24, 2.45) is 0 Å². The van der Waals surface area contributed by atoms with E-state index < -0.39 is 0 Å². The highest BCUT2D eigenvalue weighted by Gasteiger charge is 2.25. The van der Waals surface area contributed by atoms with Crippen molar-refractivity contribution in [2.45, 2.75) is 38.6 Å². The Morgan fingerprint density at radius 1 is 1.44 bits per heavy atom. The van der Waals surface area contributed by atoms with E-state index in [9.17, 15) is 4.79 Å². The van der Waals surface area contributed by atoms with Gasteiger partial charge in [-0.05, 0) is 37.8 Å². The summed E-state index contributed by atoms with van der Waals surface area (Å²) >= 11 is 6.04. The van der Waals surface area contributed by atoms with Crippen molar-refractivity contribution in [1.29, 1.82) is 0 Å². The Kier molecular flexibility index (Phi) is 4.48. The fourth-order valence-electron chi connectivity index (χ4n) is 2.44. The number of carbonyl (C=O) groups is 1. The van der Waals surface area contributed by atoms with Gasteiger partial charge in [0, 0.05) is 12.6 Å². The molecule has 18 heavy (non-hydrogen) atoms. The van der Waals surface area contributed by atoms with Gasteiger partial charge in [-0.15, -0.1) is 0 Å². The van der Waals surface area contributed by atoms with E-state index in [0.717, 1.165) is 25.8 Å². The first-order valence-corrected chi connectivity index (χ1v) is 6.92. The molecule has 0 aliphatic carbocycles. The number of nitrogens with zero attached hydrogens (tertiary/aromatic N) is 1. The second kappa shape index (κ2) is 6.10. The Bertz CT molecular complexity index is 422. The molecule has 0 saturated carbocycles. The summed E-state index contributed by atoms with van der Waals surface area (Å²) in [6.07, 6.45) is 4.42. The van der Waals surface area contributed by atoms with Gasteiger partial charge in [0.05, 0.1) is 10.7 Å². The summed E-state index contributed by atoms with van der Waals surface area (Å²) in [6, 6.07) is 7.66. The molecule has 1 aromatic carbocycles. The number of amides is 2. The van der Waals surface area contributed by atoms with Crippen LogP contribution in [0.1, 0.15) is 32.6 Å². The molecular weight excluding hydrogens is 248 g/mol. The molecule has 1 N–H and O–H groups in total. The lowest BCUT2D eigenvalue weighted by Crippen LogP contribution is -2.45. The first kappa shape index (κ1) is 13.2. The summed E-state index contributed by atoms with van der Waals surface area (Å²) in [5, 5.41) is 3.48. The third-order valence-corrected chi connectivity index (χ3v) is 3.80. The number of piperidine rings is 1. The van der Waals surface area contributed by atoms with Crippen LogP contribution in [0.15, 0.2) is 24.3 Å². The average molecular weight is 267 g/mol. The SMILES string of the molecule is CCC1CCCCN1C(=O)Nc1ccccc1Cl. The zero-order valence-corrected chi connectivity index (χ0v) is 11.4. The van der Waals surface area contributed by atoms with E-state index in [1.54, 1.807) is 6.07 Å². The van der Waals surface area contributed by atoms with Gasteiger partial charge in [-0.1, -0.05) is 30.7 Å². The molecule has 0 spiro atoms. The topological polar surface area (TPSA) is 32.3 Å². The van der Waals surface area contributed by atoms with E-state index in [-0.39, 0.29) is 6.03 Å². The van der Waals surface area contributed by atoms with E-state index in [4.69, 9.17) is 11.6 Å². The van der Waals surface area contributed by atoms with Crippen molar-refractivity contribution in [3.8, 4) is 0 Å². The quantitative estimate of drug-likeness (QED) is 0.857. The van der Waals surface area contributed by atoms with E-state index in [0.29, 0.717) is 16.8 Å². The van der Waals surface area contributed by atoms with Crippen molar-refractivity contribution >= 4 is 23.3 Å². The van der Waals surface area contributed by atoms with Crippen molar-refractivity contribution in [3.63, 3.8) is 0 Å². The van der Waals surface area contributed by atoms with Crippen molar-refractivity contribution in [3.05, 3.63) is 29.3 Å². The van der Waals surface area contributed by atoms with Crippen molar-refractivity contribution < 1.29 is 4.79 Å². The molecule has 0 bridgehead atoms. The number of anilines is 1. The minimum atomic E-state index is -0.0327. The average Bonchev–Trinajstić information content (AvgIpc) is 2.41. The number of urea groups is 1. The fraction of sp³-hybridized carbons (Fsp3) is 0.500. The third-order valence-electron chi connectivity index (χ3n) is 3.47. The normalized spacial score (nSPS) is 19.7. The Labute approximate surface area is 113 Å². The van der Waals surface area contributed by atoms with Crippen LogP contribution in [0.3, 0.4) is 0 Å². The number of halogens is 1. The van der Waals surface area contributed by atoms with E-state index in [1.165, 1.54) is 6.42 Å². The number of hydrogen-bond acceptors (Lipinski definition) is 1. The van der Waals surface area contributed by atoms with Crippen LogP contribution in [-0.2, 0) is 0 Å². The van der Waals surface area contributed by atoms with Crippen LogP contribution in [0.2, 0.25) is 5.02 Å². The van der Waals surface area contributed by atoms with Gasteiger partial charge in [-0.2, -0.15) is 0 Å². The summed E-state index contributed by atoms with van der Waals surface area (Å²) in [5.74, 6) is 0. The van der Waals surface area contributed by atoms with E-state index in [1.807, 2.05) is 23.1 Å². The maximum absolute atomic E-state index is 12.2. The largest absolute Gasteiger partial charge is 0.322 e. The minimum absolute atomic E-state index is 0.0327. The molecule has 98 valence electrons. The molecule has 1 unspecified atom stereocenters. The van der Waals surface area contributed by atoms with Crippen LogP contribution in [0.4, 0.5) is 10.5 Å². The molecule has 2 amide bonds. The number of benzene rings is 1. The first-order valence-electron chi connectivity index (χ1n) is 6.54. The summed E-state index contributed by atoms with van der Waals surface area (Å²) in [5.41, 5.74) is 0.685. The van der Waals surface area contributed by atoms with E-state index >= 15 is 0 Å².